The van der Waals surface area contributed by atoms with Crippen LogP contribution in [0.15, 0.2) is 24.3 Å². The topological polar surface area (TPSA) is 44.5 Å². The predicted octanol–water partition coefficient (Wildman–Crippen LogP) is 3.19. The predicted molar refractivity (Wildman–Crippen MR) is 77.0 cm³/mol. The van der Waals surface area contributed by atoms with E-state index in [1.54, 1.807) is 6.07 Å². The third kappa shape index (κ3) is 4.27. The number of hydrogen-bond acceptors (Lipinski definition) is 3. The van der Waals surface area contributed by atoms with Gasteiger partial charge in [0.05, 0.1) is 18.8 Å². The minimum atomic E-state index is -0.277. The molecule has 0 radical (unpaired) electrons. The lowest BCUT2D eigenvalue weighted by Crippen LogP contribution is -2.33. The van der Waals surface area contributed by atoms with Gasteiger partial charge in [-0.1, -0.05) is 19.1 Å². The zero-order valence-corrected chi connectivity index (χ0v) is 12.1. The van der Waals surface area contributed by atoms with E-state index in [2.05, 4.69) is 0 Å². The van der Waals surface area contributed by atoms with Crippen LogP contribution in [-0.2, 0) is 9.47 Å². The maximum Gasteiger partial charge on any atom is 0.123 e. The fourth-order valence-electron chi connectivity index (χ4n) is 2.51. The largest absolute Gasteiger partial charge is 0.376 e. The number of halogens is 1. The molecule has 2 N–H and O–H groups in total. The van der Waals surface area contributed by atoms with Crippen LogP contribution in [0.5, 0.6) is 0 Å². The lowest BCUT2D eigenvalue weighted by molar-refractivity contribution is -0.0695. The molecule has 1 aliphatic heterocycles. The molecule has 1 aliphatic rings. The van der Waals surface area contributed by atoms with Gasteiger partial charge < -0.3 is 15.2 Å². The van der Waals surface area contributed by atoms with Crippen LogP contribution >= 0.6 is 0 Å². The highest BCUT2D eigenvalue weighted by Gasteiger charge is 2.22. The highest BCUT2D eigenvalue weighted by Crippen LogP contribution is 2.24. The van der Waals surface area contributed by atoms with Crippen molar-refractivity contribution in [1.29, 1.82) is 0 Å². The first-order valence-corrected chi connectivity index (χ1v) is 7.45. The van der Waals surface area contributed by atoms with Crippen LogP contribution in [0.3, 0.4) is 0 Å². The van der Waals surface area contributed by atoms with Crippen molar-refractivity contribution >= 4 is 0 Å². The second-order valence-corrected chi connectivity index (χ2v) is 5.37. The molecule has 112 valence electrons. The fourth-order valence-corrected chi connectivity index (χ4v) is 2.51. The molecule has 1 fully saturated rings. The van der Waals surface area contributed by atoms with Gasteiger partial charge in [0.15, 0.2) is 0 Å². The van der Waals surface area contributed by atoms with Crippen LogP contribution < -0.4 is 5.73 Å². The first-order valence-electron chi connectivity index (χ1n) is 7.45. The molecule has 1 aromatic carbocycles. The first-order chi connectivity index (χ1) is 9.70. The molecule has 20 heavy (non-hydrogen) atoms. The second-order valence-electron chi connectivity index (χ2n) is 5.37. The van der Waals surface area contributed by atoms with Crippen molar-refractivity contribution in [3.8, 4) is 0 Å². The molecule has 0 amide bonds. The maximum atomic E-state index is 13.4. The van der Waals surface area contributed by atoms with Crippen LogP contribution in [0.1, 0.15) is 44.3 Å². The summed E-state index contributed by atoms with van der Waals surface area (Å²) in [4.78, 5) is 0. The van der Waals surface area contributed by atoms with Gasteiger partial charge in [-0.25, -0.2) is 4.39 Å². The molecule has 0 spiro atoms. The molecule has 0 aliphatic carbocycles. The van der Waals surface area contributed by atoms with Crippen molar-refractivity contribution in [2.24, 2.45) is 5.73 Å². The lowest BCUT2D eigenvalue weighted by Gasteiger charge is -2.28. The Labute approximate surface area is 120 Å². The summed E-state index contributed by atoms with van der Waals surface area (Å²) in [5.41, 5.74) is 6.93. The molecular weight excluding hydrogens is 257 g/mol. The summed E-state index contributed by atoms with van der Waals surface area (Å²) in [5, 5.41) is 0. The fraction of sp³-hybridized carbons (Fsp3) is 0.625. The van der Waals surface area contributed by atoms with Gasteiger partial charge in [-0.2, -0.15) is 0 Å². The Hall–Kier alpha value is -0.970. The van der Waals surface area contributed by atoms with Crippen LogP contribution in [0, 0.1) is 5.82 Å². The first kappa shape index (κ1) is 15.4. The van der Waals surface area contributed by atoms with E-state index < -0.39 is 0 Å². The Morgan fingerprint density at radius 2 is 2.30 bits per heavy atom. The monoisotopic (exact) mass is 281 g/mol. The van der Waals surface area contributed by atoms with Gasteiger partial charge in [-0.15, -0.1) is 0 Å². The van der Waals surface area contributed by atoms with Crippen LogP contribution in [0.25, 0.3) is 0 Å². The number of nitrogens with two attached hydrogens (primary N) is 1. The van der Waals surface area contributed by atoms with Crippen molar-refractivity contribution in [2.75, 3.05) is 13.2 Å². The zero-order chi connectivity index (χ0) is 14.4. The quantitative estimate of drug-likeness (QED) is 0.871. The molecule has 1 aromatic rings. The number of rotatable bonds is 6. The Balaban J connectivity index is 2.00. The smallest absolute Gasteiger partial charge is 0.123 e. The minimum absolute atomic E-state index is 0.139. The molecular formula is C16H24FNO2. The average molecular weight is 281 g/mol. The zero-order valence-electron chi connectivity index (χ0n) is 12.1. The van der Waals surface area contributed by atoms with Crippen molar-refractivity contribution in [3.05, 3.63) is 35.6 Å². The molecule has 4 heteroatoms. The van der Waals surface area contributed by atoms with Gasteiger partial charge in [0.1, 0.15) is 5.82 Å². The van der Waals surface area contributed by atoms with Gasteiger partial charge in [0.25, 0.3) is 0 Å². The van der Waals surface area contributed by atoms with Gasteiger partial charge in [-0.05, 0) is 43.4 Å². The summed E-state index contributed by atoms with van der Waals surface area (Å²) in [7, 11) is 0. The summed E-state index contributed by atoms with van der Waals surface area (Å²) in [6.07, 6.45) is 3.98. The molecule has 3 nitrogen and oxygen atoms in total. The molecule has 1 saturated heterocycles. The summed E-state index contributed by atoms with van der Waals surface area (Å²) in [6, 6.07) is 6.36. The third-order valence-electron chi connectivity index (χ3n) is 3.77. The van der Waals surface area contributed by atoms with Gasteiger partial charge in [0, 0.05) is 12.6 Å². The molecule has 0 aromatic heterocycles. The van der Waals surface area contributed by atoms with E-state index in [0.29, 0.717) is 6.61 Å². The Bertz CT molecular complexity index is 407. The summed E-state index contributed by atoms with van der Waals surface area (Å²) in [6.45, 7) is 3.34. The van der Waals surface area contributed by atoms with E-state index in [-0.39, 0.29) is 24.1 Å². The van der Waals surface area contributed by atoms with Gasteiger partial charge in [0.2, 0.25) is 0 Å². The third-order valence-corrected chi connectivity index (χ3v) is 3.77. The van der Waals surface area contributed by atoms with Crippen LogP contribution in [0.2, 0.25) is 0 Å². The number of hydrogen-bond donors (Lipinski definition) is 1. The molecule has 1 heterocycles. The minimum Gasteiger partial charge on any atom is -0.376 e. The van der Waals surface area contributed by atoms with Gasteiger partial charge >= 0.3 is 0 Å². The molecule has 0 saturated carbocycles. The molecule has 0 bridgehead atoms. The van der Waals surface area contributed by atoms with E-state index in [0.717, 1.165) is 31.4 Å². The Morgan fingerprint density at radius 3 is 2.95 bits per heavy atom. The summed E-state index contributed by atoms with van der Waals surface area (Å²) in [5.74, 6) is -0.256. The van der Waals surface area contributed by atoms with E-state index in [4.69, 9.17) is 15.2 Å². The van der Waals surface area contributed by atoms with E-state index in [9.17, 15) is 4.39 Å². The lowest BCUT2D eigenvalue weighted by atomic mass is 10.0. The Kier molecular flexibility index (Phi) is 5.95. The highest BCUT2D eigenvalue weighted by atomic mass is 19.1. The molecule has 3 unspecified atom stereocenters. The van der Waals surface area contributed by atoms with E-state index in [1.165, 1.54) is 18.6 Å². The van der Waals surface area contributed by atoms with Crippen LogP contribution in [0.4, 0.5) is 4.39 Å². The normalized spacial score (nSPS) is 22.4. The number of ether oxygens (including phenoxy) is 2. The highest BCUT2D eigenvalue weighted by molar-refractivity contribution is 5.20. The molecule has 2 rings (SSSR count). The summed E-state index contributed by atoms with van der Waals surface area (Å²) >= 11 is 0. The van der Waals surface area contributed by atoms with Gasteiger partial charge in [-0.3, -0.25) is 0 Å². The summed E-state index contributed by atoms with van der Waals surface area (Å²) < 4.78 is 25.0. The Morgan fingerprint density at radius 1 is 1.45 bits per heavy atom. The van der Waals surface area contributed by atoms with Crippen molar-refractivity contribution in [1.82, 2.24) is 0 Å². The van der Waals surface area contributed by atoms with E-state index >= 15 is 0 Å². The number of benzene rings is 1. The molecule has 3 atom stereocenters. The van der Waals surface area contributed by atoms with Crippen molar-refractivity contribution in [3.63, 3.8) is 0 Å². The second kappa shape index (κ2) is 7.72. The maximum absolute atomic E-state index is 13.4. The van der Waals surface area contributed by atoms with Crippen molar-refractivity contribution < 1.29 is 13.9 Å². The SMILES string of the molecule is CCC(N)C(OCC1CCCCO1)c1cccc(F)c1. The standard InChI is InChI=1S/C16H24FNO2/c1-2-15(18)16(12-6-5-7-13(17)10-12)20-11-14-8-3-4-9-19-14/h5-7,10,14-16H,2-4,8-9,11,18H2,1H3. The van der Waals surface area contributed by atoms with Crippen molar-refractivity contribution in [2.45, 2.75) is 50.9 Å². The van der Waals surface area contributed by atoms with E-state index in [1.807, 2.05) is 13.0 Å². The average Bonchev–Trinajstić information content (AvgIpc) is 2.48. The van der Waals surface area contributed by atoms with Crippen LogP contribution in [-0.4, -0.2) is 25.4 Å².